The second-order valence-electron chi connectivity index (χ2n) is 5.42. The van der Waals surface area contributed by atoms with E-state index < -0.39 is 0 Å². The first kappa shape index (κ1) is 18.2. The summed E-state index contributed by atoms with van der Waals surface area (Å²) < 4.78 is 21.2. The van der Waals surface area contributed by atoms with E-state index in [1.807, 2.05) is 12.1 Å². The van der Waals surface area contributed by atoms with Crippen molar-refractivity contribution in [2.75, 3.05) is 33.8 Å². The normalized spacial score (nSPS) is 10.2. The highest BCUT2D eigenvalue weighted by Crippen LogP contribution is 2.40. The Hall–Kier alpha value is -3.55. The number of aromatic nitrogens is 3. The fraction of sp³-hybridized carbons (Fsp3) is 0.211. The molecule has 27 heavy (non-hydrogen) atoms. The summed E-state index contributed by atoms with van der Waals surface area (Å²) in [5, 5.41) is 3.23. The topological polar surface area (TPSA) is 87.6 Å². The van der Waals surface area contributed by atoms with Crippen molar-refractivity contribution in [2.45, 2.75) is 0 Å². The SMILES string of the molecule is COc1ccc(-c2cc(Nc3cc(OC)c(OC)c(OC)c3)ncn2)cn1. The standard InChI is InChI=1S/C19H20N4O4/c1-24-15-7-13(8-16(25-2)19(15)27-4)23-17-9-14(21-11-22-17)12-5-6-18(26-3)20-10-12/h5-11H,1-4H3,(H,21,22,23). The molecule has 1 aromatic carbocycles. The van der Waals surface area contributed by atoms with E-state index in [-0.39, 0.29) is 0 Å². The van der Waals surface area contributed by atoms with Crippen molar-refractivity contribution in [3.63, 3.8) is 0 Å². The molecule has 0 bridgehead atoms. The van der Waals surface area contributed by atoms with Gasteiger partial charge in [0.25, 0.3) is 0 Å². The first-order valence-corrected chi connectivity index (χ1v) is 8.08. The van der Waals surface area contributed by atoms with Crippen molar-refractivity contribution in [3.8, 4) is 34.4 Å². The molecule has 0 aliphatic rings. The second kappa shape index (κ2) is 8.22. The van der Waals surface area contributed by atoms with Crippen molar-refractivity contribution >= 4 is 11.5 Å². The first-order chi connectivity index (χ1) is 13.2. The van der Waals surface area contributed by atoms with Crippen molar-refractivity contribution in [1.29, 1.82) is 0 Å². The summed E-state index contributed by atoms with van der Waals surface area (Å²) >= 11 is 0. The van der Waals surface area contributed by atoms with E-state index in [1.165, 1.54) is 6.33 Å². The highest BCUT2D eigenvalue weighted by molar-refractivity contribution is 5.69. The average Bonchev–Trinajstić information content (AvgIpc) is 2.73. The number of ether oxygens (including phenoxy) is 4. The fourth-order valence-electron chi connectivity index (χ4n) is 2.54. The van der Waals surface area contributed by atoms with Crippen LogP contribution in [0.2, 0.25) is 0 Å². The van der Waals surface area contributed by atoms with E-state index >= 15 is 0 Å². The number of benzene rings is 1. The van der Waals surface area contributed by atoms with E-state index in [2.05, 4.69) is 20.3 Å². The van der Waals surface area contributed by atoms with Gasteiger partial charge in [0.15, 0.2) is 11.5 Å². The summed E-state index contributed by atoms with van der Waals surface area (Å²) in [5.74, 6) is 2.79. The summed E-state index contributed by atoms with van der Waals surface area (Å²) in [5.41, 5.74) is 2.32. The Labute approximate surface area is 157 Å². The molecular weight excluding hydrogens is 348 g/mol. The molecule has 0 saturated carbocycles. The molecule has 0 atom stereocenters. The number of pyridine rings is 1. The summed E-state index contributed by atoms with van der Waals surface area (Å²) in [7, 11) is 6.28. The van der Waals surface area contributed by atoms with Gasteiger partial charge in [0.05, 0.1) is 34.1 Å². The van der Waals surface area contributed by atoms with Gasteiger partial charge in [0, 0.05) is 41.7 Å². The van der Waals surface area contributed by atoms with Crippen LogP contribution < -0.4 is 24.3 Å². The fourth-order valence-corrected chi connectivity index (χ4v) is 2.54. The van der Waals surface area contributed by atoms with Gasteiger partial charge in [-0.2, -0.15) is 0 Å². The molecular formula is C19H20N4O4. The Bertz CT molecular complexity index is 891. The highest BCUT2D eigenvalue weighted by Gasteiger charge is 2.14. The molecule has 3 rings (SSSR count). The molecule has 8 heteroatoms. The molecule has 0 unspecified atom stereocenters. The molecule has 0 aliphatic heterocycles. The number of hydrogen-bond donors (Lipinski definition) is 1. The van der Waals surface area contributed by atoms with E-state index in [9.17, 15) is 0 Å². The Kier molecular flexibility index (Phi) is 5.55. The van der Waals surface area contributed by atoms with Gasteiger partial charge in [0.1, 0.15) is 12.1 Å². The summed E-state index contributed by atoms with van der Waals surface area (Å²) in [6.07, 6.45) is 3.18. The number of anilines is 2. The van der Waals surface area contributed by atoms with Crippen LogP contribution in [0.25, 0.3) is 11.3 Å². The third kappa shape index (κ3) is 4.00. The Balaban J connectivity index is 1.90. The lowest BCUT2D eigenvalue weighted by Crippen LogP contribution is -1.99. The van der Waals surface area contributed by atoms with Crippen LogP contribution in [0.15, 0.2) is 42.9 Å². The van der Waals surface area contributed by atoms with Gasteiger partial charge in [-0.15, -0.1) is 0 Å². The van der Waals surface area contributed by atoms with Crippen LogP contribution >= 0.6 is 0 Å². The van der Waals surface area contributed by atoms with Crippen LogP contribution in [0.5, 0.6) is 23.1 Å². The molecule has 0 saturated heterocycles. The Morgan fingerprint density at radius 1 is 0.778 bits per heavy atom. The summed E-state index contributed by atoms with van der Waals surface area (Å²) in [6.45, 7) is 0. The maximum absolute atomic E-state index is 5.37. The van der Waals surface area contributed by atoms with Gasteiger partial charge in [-0.25, -0.2) is 15.0 Å². The summed E-state index contributed by atoms with van der Waals surface area (Å²) in [6, 6.07) is 9.10. The first-order valence-electron chi connectivity index (χ1n) is 8.08. The predicted molar refractivity (Wildman–Crippen MR) is 101 cm³/mol. The lowest BCUT2D eigenvalue weighted by atomic mass is 10.2. The lowest BCUT2D eigenvalue weighted by Gasteiger charge is -2.15. The van der Waals surface area contributed by atoms with Crippen molar-refractivity contribution < 1.29 is 18.9 Å². The third-order valence-corrected chi connectivity index (χ3v) is 3.85. The number of nitrogens with one attached hydrogen (secondary N) is 1. The van der Waals surface area contributed by atoms with Gasteiger partial charge in [-0.3, -0.25) is 0 Å². The molecule has 1 N–H and O–H groups in total. The molecule has 3 aromatic rings. The minimum absolute atomic E-state index is 0.526. The number of rotatable bonds is 7. The molecule has 140 valence electrons. The van der Waals surface area contributed by atoms with Crippen LogP contribution in [0.3, 0.4) is 0 Å². The van der Waals surface area contributed by atoms with Crippen molar-refractivity contribution in [1.82, 2.24) is 15.0 Å². The van der Waals surface area contributed by atoms with Crippen LogP contribution in [0.4, 0.5) is 11.5 Å². The monoisotopic (exact) mass is 368 g/mol. The average molecular weight is 368 g/mol. The molecule has 0 radical (unpaired) electrons. The highest BCUT2D eigenvalue weighted by atomic mass is 16.5. The minimum Gasteiger partial charge on any atom is -0.493 e. The molecule has 2 aromatic heterocycles. The van der Waals surface area contributed by atoms with E-state index in [0.29, 0.717) is 28.9 Å². The van der Waals surface area contributed by atoms with Crippen molar-refractivity contribution in [3.05, 3.63) is 42.9 Å². The zero-order valence-electron chi connectivity index (χ0n) is 15.5. The predicted octanol–water partition coefficient (Wildman–Crippen LogP) is 3.32. The molecule has 0 aliphatic carbocycles. The third-order valence-electron chi connectivity index (χ3n) is 3.85. The zero-order valence-corrected chi connectivity index (χ0v) is 15.5. The van der Waals surface area contributed by atoms with Crippen molar-refractivity contribution in [2.24, 2.45) is 0 Å². The molecule has 8 nitrogen and oxygen atoms in total. The quantitative estimate of drug-likeness (QED) is 0.679. The zero-order chi connectivity index (χ0) is 19.2. The van der Waals surface area contributed by atoms with Crippen LogP contribution in [0.1, 0.15) is 0 Å². The van der Waals surface area contributed by atoms with Crippen LogP contribution in [0, 0.1) is 0 Å². The van der Waals surface area contributed by atoms with E-state index in [1.54, 1.807) is 52.8 Å². The van der Waals surface area contributed by atoms with Gasteiger partial charge >= 0.3 is 0 Å². The lowest BCUT2D eigenvalue weighted by molar-refractivity contribution is 0.324. The van der Waals surface area contributed by atoms with Gasteiger partial charge in [-0.05, 0) is 6.07 Å². The van der Waals surface area contributed by atoms with Crippen LogP contribution in [-0.4, -0.2) is 43.4 Å². The molecule has 2 heterocycles. The minimum atomic E-state index is 0.526. The Morgan fingerprint density at radius 2 is 1.52 bits per heavy atom. The van der Waals surface area contributed by atoms with Crippen LogP contribution in [-0.2, 0) is 0 Å². The molecule has 0 amide bonds. The van der Waals surface area contributed by atoms with Gasteiger partial charge < -0.3 is 24.3 Å². The van der Waals surface area contributed by atoms with E-state index in [0.717, 1.165) is 16.9 Å². The number of nitrogens with zero attached hydrogens (tertiary/aromatic N) is 3. The molecule has 0 fully saturated rings. The molecule has 0 spiro atoms. The maximum Gasteiger partial charge on any atom is 0.212 e. The largest absolute Gasteiger partial charge is 0.493 e. The maximum atomic E-state index is 5.37. The van der Waals surface area contributed by atoms with E-state index in [4.69, 9.17) is 18.9 Å². The summed E-state index contributed by atoms with van der Waals surface area (Å²) in [4.78, 5) is 12.8. The van der Waals surface area contributed by atoms with Gasteiger partial charge in [0.2, 0.25) is 11.6 Å². The number of hydrogen-bond acceptors (Lipinski definition) is 8. The number of methoxy groups -OCH3 is 4. The Morgan fingerprint density at radius 3 is 2.07 bits per heavy atom. The second-order valence-corrected chi connectivity index (χ2v) is 5.42. The smallest absolute Gasteiger partial charge is 0.212 e. The van der Waals surface area contributed by atoms with Gasteiger partial charge in [-0.1, -0.05) is 0 Å².